The Morgan fingerprint density at radius 3 is 2.23 bits per heavy atom. The fourth-order valence-corrected chi connectivity index (χ4v) is 5.14. The van der Waals surface area contributed by atoms with Gasteiger partial charge in [-0.3, -0.25) is 19.0 Å². The van der Waals surface area contributed by atoms with E-state index in [1.807, 2.05) is 0 Å². The molecule has 252 valence electrons. The number of benzene rings is 1. The molecule has 1 unspecified atom stereocenters. The van der Waals surface area contributed by atoms with Gasteiger partial charge in [-0.25, -0.2) is 9.78 Å². The number of halogens is 1. The van der Waals surface area contributed by atoms with Crippen LogP contribution in [-0.2, 0) is 25.7 Å². The van der Waals surface area contributed by atoms with E-state index in [0.717, 1.165) is 16.4 Å². The highest BCUT2D eigenvalue weighted by molar-refractivity contribution is 9.10. The van der Waals surface area contributed by atoms with E-state index < -0.39 is 12.2 Å². The molecule has 2 aromatic heterocycles. The lowest BCUT2D eigenvalue weighted by Crippen LogP contribution is -2.30. The van der Waals surface area contributed by atoms with Gasteiger partial charge in [0.15, 0.2) is 17.5 Å². The number of amides is 3. The van der Waals surface area contributed by atoms with Crippen LogP contribution in [-0.4, -0.2) is 68.2 Å². The molecule has 0 aliphatic heterocycles. The van der Waals surface area contributed by atoms with Crippen molar-refractivity contribution in [3.05, 3.63) is 46.6 Å². The quantitative estimate of drug-likeness (QED) is 0.0775. The first kappa shape index (κ1) is 36.7. The molecule has 6 N–H and O–H groups in total. The predicted molar refractivity (Wildman–Crippen MR) is 178 cm³/mol. The molecule has 0 aliphatic carbocycles. The number of rotatable bonds is 19. The van der Waals surface area contributed by atoms with E-state index in [1.165, 1.54) is 12.1 Å². The van der Waals surface area contributed by atoms with Crippen molar-refractivity contribution in [3.63, 3.8) is 0 Å². The molecule has 0 spiro atoms. The molecule has 2 heterocycles. The lowest BCUT2D eigenvalue weighted by atomic mass is 10.1. The van der Waals surface area contributed by atoms with E-state index in [1.54, 1.807) is 24.3 Å². The molecule has 3 rings (SSSR count). The van der Waals surface area contributed by atoms with Crippen LogP contribution in [0.1, 0.15) is 69.6 Å². The first-order chi connectivity index (χ1) is 22.6. The second-order valence-electron chi connectivity index (χ2n) is 10.8. The Morgan fingerprint density at radius 2 is 1.51 bits per heavy atom. The Bertz CT molecular complexity index is 1570. The third kappa shape index (κ3) is 12.2. The van der Waals surface area contributed by atoms with Crippen molar-refractivity contribution < 1.29 is 39.2 Å². The average molecular weight is 715 g/mol. The molecule has 0 bridgehead atoms. The van der Waals surface area contributed by atoms with E-state index in [-0.39, 0.29) is 74.0 Å². The minimum absolute atomic E-state index is 0.0147. The molecule has 0 fully saturated rings. The lowest BCUT2D eigenvalue weighted by Gasteiger charge is -2.19. The molecule has 3 aromatic rings. The number of hydrogen-bond donors (Lipinski definition) is 6. The Labute approximate surface area is 281 Å². The molecule has 1 atom stereocenters. The van der Waals surface area contributed by atoms with Gasteiger partial charge in [0.1, 0.15) is 11.9 Å². The van der Waals surface area contributed by atoms with Crippen LogP contribution >= 0.6 is 15.9 Å². The number of ketones is 1. The molecule has 0 saturated carbocycles. The fourth-order valence-electron chi connectivity index (χ4n) is 4.69. The van der Waals surface area contributed by atoms with E-state index in [9.17, 15) is 34.5 Å². The lowest BCUT2D eigenvalue weighted by molar-refractivity contribution is -0.122. The zero-order valence-electron chi connectivity index (χ0n) is 26.0. The number of alkyl carbamates (subject to hydrolysis) is 1. The third-order valence-corrected chi connectivity index (χ3v) is 8.01. The Morgan fingerprint density at radius 1 is 0.851 bits per heavy atom. The number of carbonyl (C=O) groups excluding carboxylic acids is 4. The number of hydrogen-bond acceptors (Lipinski definition) is 9. The highest BCUT2D eigenvalue weighted by Gasteiger charge is 2.20. The van der Waals surface area contributed by atoms with Gasteiger partial charge in [-0.2, -0.15) is 0 Å². The van der Waals surface area contributed by atoms with Gasteiger partial charge in [-0.1, -0.05) is 18.4 Å². The van der Waals surface area contributed by atoms with Crippen molar-refractivity contribution in [3.8, 4) is 29.9 Å². The van der Waals surface area contributed by atoms with Crippen LogP contribution < -0.4 is 16.0 Å². The summed E-state index contributed by atoms with van der Waals surface area (Å²) in [5.74, 6) is 1.44. The molecule has 47 heavy (non-hydrogen) atoms. The minimum Gasteiger partial charge on any atom is -0.507 e. The number of fused-ring (bicyclic) bond motifs is 1. The SMILES string of the molecule is C#CCNC(=O)CCCCCNC(=O)OC(CCNC(=O)CCCCC(=O)Cn1c(O)ccc1O)c1ccc2ccc(O)c(Br)c2n1. The smallest absolute Gasteiger partial charge is 0.407 e. The average Bonchev–Trinajstić information content (AvgIpc) is 3.36. The van der Waals surface area contributed by atoms with Crippen molar-refractivity contribution in [1.29, 1.82) is 0 Å². The standard InChI is InChI=1S/C33H40BrN5O8/c1-2-18-35-27(42)9-4-3-7-19-37-33(46)47-26(24-13-11-22-12-14-25(41)31(34)32(22)38-24)17-20-36-28(43)10-6-5-8-23(40)21-39-29(44)15-16-30(39)45/h1,11-16,26,41,44-45H,3-10,17-21H2,(H,35,42)(H,36,43)(H,37,46). The number of phenols is 1. The van der Waals surface area contributed by atoms with Crippen LogP contribution in [0.5, 0.6) is 17.5 Å². The molecule has 0 saturated heterocycles. The largest absolute Gasteiger partial charge is 0.507 e. The maximum absolute atomic E-state index is 12.7. The van der Waals surface area contributed by atoms with E-state index in [0.29, 0.717) is 54.3 Å². The van der Waals surface area contributed by atoms with Gasteiger partial charge in [-0.15, -0.1) is 6.42 Å². The summed E-state index contributed by atoms with van der Waals surface area (Å²) in [5, 5.41) is 38.4. The minimum atomic E-state index is -0.812. The van der Waals surface area contributed by atoms with E-state index in [2.05, 4.69) is 42.8 Å². The summed E-state index contributed by atoms with van der Waals surface area (Å²) in [5.41, 5.74) is 0.924. The highest BCUT2D eigenvalue weighted by atomic mass is 79.9. The van der Waals surface area contributed by atoms with E-state index >= 15 is 0 Å². The Kier molecular flexibility index (Phi) is 14.9. The summed E-state index contributed by atoms with van der Waals surface area (Å²) in [4.78, 5) is 53.6. The molecule has 14 heteroatoms. The van der Waals surface area contributed by atoms with Crippen LogP contribution in [0.3, 0.4) is 0 Å². The van der Waals surface area contributed by atoms with Crippen molar-refractivity contribution >= 4 is 50.5 Å². The fraction of sp³-hybridized carbons (Fsp3) is 0.424. The van der Waals surface area contributed by atoms with Crippen LogP contribution in [0.4, 0.5) is 4.79 Å². The topological polar surface area (TPSA) is 192 Å². The molecule has 0 aliphatic rings. The van der Waals surface area contributed by atoms with Gasteiger partial charge in [0, 0.05) is 56.3 Å². The molecule has 0 radical (unpaired) electrons. The summed E-state index contributed by atoms with van der Waals surface area (Å²) >= 11 is 3.35. The molecule has 1 aromatic carbocycles. The number of pyridine rings is 1. The summed E-state index contributed by atoms with van der Waals surface area (Å²) in [6, 6.07) is 9.38. The summed E-state index contributed by atoms with van der Waals surface area (Å²) in [6.45, 7) is 0.566. The molecule has 13 nitrogen and oxygen atoms in total. The summed E-state index contributed by atoms with van der Waals surface area (Å²) < 4.78 is 7.22. The monoisotopic (exact) mass is 713 g/mol. The second-order valence-corrected chi connectivity index (χ2v) is 11.6. The molecular formula is C33H40BrN5O8. The number of unbranched alkanes of at least 4 members (excludes halogenated alkanes) is 3. The number of nitrogens with zero attached hydrogens (tertiary/aromatic N) is 2. The van der Waals surface area contributed by atoms with Crippen LogP contribution in [0.15, 0.2) is 40.9 Å². The second kappa shape index (κ2) is 19.0. The summed E-state index contributed by atoms with van der Waals surface area (Å²) in [6.07, 6.45) is 7.54. The first-order valence-corrected chi connectivity index (χ1v) is 16.2. The number of aromatic hydroxyl groups is 3. The molecular weight excluding hydrogens is 674 g/mol. The maximum Gasteiger partial charge on any atom is 0.407 e. The van der Waals surface area contributed by atoms with Crippen LogP contribution in [0, 0.1) is 12.3 Å². The number of aromatic nitrogens is 2. The number of phenolic OH excluding ortho intramolecular Hbond substituents is 1. The van der Waals surface area contributed by atoms with Crippen LogP contribution in [0.25, 0.3) is 10.9 Å². The zero-order valence-corrected chi connectivity index (χ0v) is 27.6. The van der Waals surface area contributed by atoms with Crippen molar-refractivity contribution in [1.82, 2.24) is 25.5 Å². The third-order valence-electron chi connectivity index (χ3n) is 7.23. The predicted octanol–water partition coefficient (Wildman–Crippen LogP) is 4.33. The molecule has 3 amide bonds. The van der Waals surface area contributed by atoms with Gasteiger partial charge in [0.2, 0.25) is 11.8 Å². The number of ether oxygens (including phenoxy) is 1. The van der Waals surface area contributed by atoms with Gasteiger partial charge in [0.05, 0.1) is 28.8 Å². The van der Waals surface area contributed by atoms with Crippen molar-refractivity contribution in [2.75, 3.05) is 19.6 Å². The van der Waals surface area contributed by atoms with E-state index in [4.69, 9.17) is 11.2 Å². The number of carbonyl (C=O) groups is 4. The van der Waals surface area contributed by atoms with Gasteiger partial charge in [-0.05, 0) is 59.8 Å². The van der Waals surface area contributed by atoms with Crippen molar-refractivity contribution in [2.45, 2.75) is 70.4 Å². The Balaban J connectivity index is 1.48. The van der Waals surface area contributed by atoms with Gasteiger partial charge >= 0.3 is 6.09 Å². The van der Waals surface area contributed by atoms with Gasteiger partial charge in [0.25, 0.3) is 0 Å². The van der Waals surface area contributed by atoms with Crippen molar-refractivity contribution in [2.24, 2.45) is 0 Å². The Hall–Kier alpha value is -4.77. The van der Waals surface area contributed by atoms with Crippen LogP contribution in [0.2, 0.25) is 0 Å². The number of terminal acetylenes is 1. The first-order valence-electron chi connectivity index (χ1n) is 15.4. The zero-order chi connectivity index (χ0) is 34.2. The highest BCUT2D eigenvalue weighted by Crippen LogP contribution is 2.32. The number of nitrogens with one attached hydrogen (secondary N) is 3. The normalized spacial score (nSPS) is 11.4. The maximum atomic E-state index is 12.7. The van der Waals surface area contributed by atoms with Gasteiger partial charge < -0.3 is 36.0 Å². The summed E-state index contributed by atoms with van der Waals surface area (Å²) in [7, 11) is 0. The number of Topliss-reactive ketones (excluding diaryl/α,β-unsaturated/α-hetero) is 1.